The van der Waals surface area contributed by atoms with Crippen molar-refractivity contribution >= 4 is 36.0 Å². The molecule has 6 heavy (non-hydrogen) atoms. The predicted molar refractivity (Wildman–Crippen MR) is 28.9 cm³/mol. The van der Waals surface area contributed by atoms with Crippen molar-refractivity contribution in [2.24, 2.45) is 0 Å². The van der Waals surface area contributed by atoms with E-state index in [0.29, 0.717) is 0 Å². The smallest absolute Gasteiger partial charge is 1.00 e. The standard InChI is InChI=1S/Au.BH4.3ClH.Na/h;1H4;3*1H;/q+3;-1;;;;+1/p-3. The Balaban J connectivity index is -0.0000000450. The molecule has 0 rings (SSSR count). The SMILES string of the molecule is [BH4-].[Cl][Au]([Cl])[Cl].[Na+]. The monoisotopic (exact) mass is 340 g/mol. The zero-order valence-corrected chi connectivity index (χ0v) is 8.87. The molecule has 0 aromatic carbocycles. The maximum atomic E-state index is 4.95. The molecule has 0 N–H and O–H groups in total. The van der Waals surface area contributed by atoms with Crippen LogP contribution in [0.15, 0.2) is 0 Å². The normalized spacial score (nSPS) is 7.50. The Kier molecular flexibility index (Phi) is 28.1. The molecule has 0 nitrogen and oxygen atoms in total. The molecule has 0 heterocycles. The number of hydrogen-bond acceptors (Lipinski definition) is 0. The first-order chi connectivity index (χ1) is 1.73. The zero-order valence-electron chi connectivity index (χ0n) is 2.44. The largest absolute Gasteiger partial charge is 1.00 e. The van der Waals surface area contributed by atoms with Gasteiger partial charge in [0.25, 0.3) is 0 Å². The van der Waals surface area contributed by atoms with Crippen LogP contribution in [0.25, 0.3) is 0 Å². The van der Waals surface area contributed by atoms with Gasteiger partial charge in [0.15, 0.2) is 0 Å². The molecule has 0 saturated heterocycles. The molecule has 0 radical (unpaired) electrons. The minimum atomic E-state index is -1.79. The van der Waals surface area contributed by atoms with Crippen molar-refractivity contribution in [3.05, 3.63) is 0 Å². The third kappa shape index (κ3) is 30.0. The van der Waals surface area contributed by atoms with Gasteiger partial charge in [0.05, 0.1) is 0 Å². The molecule has 0 spiro atoms. The van der Waals surface area contributed by atoms with E-state index in [-0.39, 0.29) is 38.0 Å². The van der Waals surface area contributed by atoms with Gasteiger partial charge in [-0.3, -0.25) is 0 Å². The van der Waals surface area contributed by atoms with Crippen molar-refractivity contribution in [3.8, 4) is 0 Å². The van der Waals surface area contributed by atoms with Crippen LogP contribution in [0.1, 0.15) is 0 Å². The Morgan fingerprint density at radius 1 is 1.00 bits per heavy atom. The molecule has 0 amide bonds. The summed E-state index contributed by atoms with van der Waals surface area (Å²) in [6.45, 7) is 0. The Morgan fingerprint density at radius 3 is 1.00 bits per heavy atom. The van der Waals surface area contributed by atoms with Gasteiger partial charge in [0.1, 0.15) is 0 Å². The second kappa shape index (κ2) is 10.6. The van der Waals surface area contributed by atoms with Crippen molar-refractivity contribution in [2.75, 3.05) is 0 Å². The molecule has 40 valence electrons. The van der Waals surface area contributed by atoms with E-state index in [2.05, 4.69) is 0 Å². The fourth-order valence-corrected chi connectivity index (χ4v) is 0. The first kappa shape index (κ1) is 15.9. The fraction of sp³-hybridized carbons (Fsp3) is 0. The van der Waals surface area contributed by atoms with Crippen LogP contribution in [0.2, 0.25) is 0 Å². The van der Waals surface area contributed by atoms with Gasteiger partial charge in [-0.05, 0) is 0 Å². The summed E-state index contributed by atoms with van der Waals surface area (Å²) in [5.74, 6) is 0. The predicted octanol–water partition coefficient (Wildman–Crippen LogP) is -2.38. The third-order valence-corrected chi connectivity index (χ3v) is 0. The molecular formula is H4AuBCl3Na. The molecule has 0 fully saturated rings. The number of halogens is 3. The van der Waals surface area contributed by atoms with E-state index in [1.807, 2.05) is 0 Å². The molecular weight excluding hydrogens is 337 g/mol. The van der Waals surface area contributed by atoms with Gasteiger partial charge in [0, 0.05) is 0 Å². The topological polar surface area (TPSA) is 0 Å². The van der Waals surface area contributed by atoms with Crippen LogP contribution in [0.4, 0.5) is 0 Å². The summed E-state index contributed by atoms with van der Waals surface area (Å²) < 4.78 is 0. The van der Waals surface area contributed by atoms with Crippen LogP contribution in [-0.2, 0) is 15.2 Å². The van der Waals surface area contributed by atoms with E-state index in [1.165, 1.54) is 0 Å². The van der Waals surface area contributed by atoms with Gasteiger partial charge in [0.2, 0.25) is 0 Å². The second-order valence-electron chi connectivity index (χ2n) is 0.129. The maximum absolute atomic E-state index is 4.95. The average Bonchev–Trinajstić information content (AvgIpc) is 0.811. The van der Waals surface area contributed by atoms with Crippen LogP contribution in [0, 0.1) is 0 Å². The molecule has 0 bridgehead atoms. The van der Waals surface area contributed by atoms with Gasteiger partial charge < -0.3 is 0 Å². The summed E-state index contributed by atoms with van der Waals surface area (Å²) in [5, 5.41) is 0. The molecule has 0 aliphatic carbocycles. The molecule has 0 aromatic heterocycles. The molecule has 0 unspecified atom stereocenters. The summed E-state index contributed by atoms with van der Waals surface area (Å²) in [5.41, 5.74) is 0. The summed E-state index contributed by atoms with van der Waals surface area (Å²) in [4.78, 5) is 0. The Morgan fingerprint density at radius 2 is 1.00 bits per heavy atom. The Bertz CT molecular complexity index is 15.5. The minimum absolute atomic E-state index is 0. The summed E-state index contributed by atoms with van der Waals surface area (Å²) in [6, 6.07) is 0. The molecule has 0 aromatic rings. The third-order valence-electron chi connectivity index (χ3n) is 0. The molecule has 0 atom stereocenters. The minimum Gasteiger partial charge on any atom is 1.00 e. The summed E-state index contributed by atoms with van der Waals surface area (Å²) in [6.07, 6.45) is 0. The van der Waals surface area contributed by atoms with Crippen molar-refractivity contribution in [1.82, 2.24) is 0 Å². The van der Waals surface area contributed by atoms with E-state index < -0.39 is 15.2 Å². The van der Waals surface area contributed by atoms with E-state index in [1.54, 1.807) is 0 Å². The molecule has 0 aliphatic heterocycles. The van der Waals surface area contributed by atoms with Crippen molar-refractivity contribution in [1.29, 1.82) is 0 Å². The Hall–Kier alpha value is 2.68. The fourth-order valence-electron chi connectivity index (χ4n) is 0. The maximum Gasteiger partial charge on any atom is 1.00 e. The van der Waals surface area contributed by atoms with E-state index in [9.17, 15) is 0 Å². The Labute approximate surface area is 79.4 Å². The molecule has 6 heteroatoms. The summed E-state index contributed by atoms with van der Waals surface area (Å²) in [7, 11) is 14.9. The van der Waals surface area contributed by atoms with Crippen LogP contribution in [-0.4, -0.2) is 8.41 Å². The van der Waals surface area contributed by atoms with Crippen LogP contribution in [0.3, 0.4) is 0 Å². The van der Waals surface area contributed by atoms with Gasteiger partial charge in [-0.25, -0.2) is 0 Å². The van der Waals surface area contributed by atoms with Gasteiger partial charge >= 0.3 is 72.3 Å². The molecule has 0 aliphatic rings. The first-order valence-corrected chi connectivity index (χ1v) is 8.40. The second-order valence-corrected chi connectivity index (χ2v) is 9.52. The van der Waals surface area contributed by atoms with E-state index in [4.69, 9.17) is 27.6 Å². The first-order valence-electron chi connectivity index (χ1n) is 0.342. The van der Waals surface area contributed by atoms with Crippen molar-refractivity contribution in [3.63, 3.8) is 0 Å². The van der Waals surface area contributed by atoms with E-state index >= 15 is 0 Å². The molecule has 0 saturated carbocycles. The quantitative estimate of drug-likeness (QED) is 0.432. The van der Waals surface area contributed by atoms with Crippen molar-refractivity contribution < 1.29 is 44.8 Å². The van der Waals surface area contributed by atoms with Crippen LogP contribution in [0.5, 0.6) is 0 Å². The van der Waals surface area contributed by atoms with Gasteiger partial charge in [-0.1, -0.05) is 8.41 Å². The zero-order chi connectivity index (χ0) is 3.58. The average molecular weight is 341 g/mol. The van der Waals surface area contributed by atoms with Gasteiger partial charge in [-0.15, -0.1) is 0 Å². The number of rotatable bonds is 0. The summed E-state index contributed by atoms with van der Waals surface area (Å²) >= 11 is -1.79. The van der Waals surface area contributed by atoms with E-state index in [0.717, 1.165) is 0 Å². The van der Waals surface area contributed by atoms with Crippen molar-refractivity contribution in [2.45, 2.75) is 0 Å². The van der Waals surface area contributed by atoms with Crippen LogP contribution < -0.4 is 29.6 Å². The van der Waals surface area contributed by atoms with Gasteiger partial charge in [-0.2, -0.15) is 0 Å². The van der Waals surface area contributed by atoms with Crippen LogP contribution >= 0.6 is 27.6 Å². The number of hydrogen-bond donors (Lipinski definition) is 0.